The predicted molar refractivity (Wildman–Crippen MR) is 72.3 cm³/mol. The van der Waals surface area contributed by atoms with E-state index in [0.717, 1.165) is 32.7 Å². The summed E-state index contributed by atoms with van der Waals surface area (Å²) in [6.07, 6.45) is 0.924. The fourth-order valence-corrected chi connectivity index (χ4v) is 2.03. The Labute approximate surface area is 110 Å². The molecule has 0 aliphatic carbocycles. The molecule has 5 nitrogen and oxygen atoms in total. The molecule has 1 amide bonds. The van der Waals surface area contributed by atoms with Crippen molar-refractivity contribution in [2.75, 3.05) is 32.8 Å². The third-order valence-corrected chi connectivity index (χ3v) is 3.80. The Morgan fingerprint density at radius 3 is 2.56 bits per heavy atom. The summed E-state index contributed by atoms with van der Waals surface area (Å²) >= 11 is 0. The van der Waals surface area contributed by atoms with Crippen LogP contribution in [0.1, 0.15) is 27.2 Å². The predicted octanol–water partition coefficient (Wildman–Crippen LogP) is 0.197. The van der Waals surface area contributed by atoms with E-state index in [-0.39, 0.29) is 11.8 Å². The minimum absolute atomic E-state index is 0.0375. The zero-order valence-electron chi connectivity index (χ0n) is 11.8. The van der Waals surface area contributed by atoms with Gasteiger partial charge in [0.2, 0.25) is 5.91 Å². The summed E-state index contributed by atoms with van der Waals surface area (Å²) < 4.78 is 5.31. The number of nitrogens with one attached hydrogen (secondary N) is 1. The third-order valence-electron chi connectivity index (χ3n) is 3.80. The van der Waals surface area contributed by atoms with Crippen LogP contribution in [0.25, 0.3) is 0 Å². The fraction of sp³-hybridized carbons (Fsp3) is 0.923. The molecule has 0 aromatic carbocycles. The van der Waals surface area contributed by atoms with Crippen LogP contribution in [-0.4, -0.2) is 55.7 Å². The smallest absolute Gasteiger partial charge is 0.237 e. The molecule has 106 valence electrons. The second-order valence-electron chi connectivity index (χ2n) is 5.15. The number of amides is 1. The van der Waals surface area contributed by atoms with Gasteiger partial charge in [-0.2, -0.15) is 0 Å². The normalized spacial score (nSPS) is 22.2. The van der Waals surface area contributed by atoms with Crippen LogP contribution >= 0.6 is 0 Å². The molecule has 1 fully saturated rings. The van der Waals surface area contributed by atoms with Gasteiger partial charge in [-0.1, -0.05) is 20.3 Å². The van der Waals surface area contributed by atoms with Crippen LogP contribution in [0.3, 0.4) is 0 Å². The zero-order chi connectivity index (χ0) is 13.5. The summed E-state index contributed by atoms with van der Waals surface area (Å²) in [6, 6.07) is -0.0612. The standard InChI is InChI=1S/C13H27N3O2/c1-4-10(2)12(14)13(17)15-9-11(3)16-5-7-18-8-6-16/h10-12H,4-9,14H2,1-3H3,(H,15,17)/t10-,11?,12-/m0/s1. The highest BCUT2D eigenvalue weighted by Crippen LogP contribution is 2.06. The van der Waals surface area contributed by atoms with Crippen LogP contribution in [0, 0.1) is 5.92 Å². The van der Waals surface area contributed by atoms with E-state index >= 15 is 0 Å². The number of hydrogen-bond donors (Lipinski definition) is 2. The van der Waals surface area contributed by atoms with Crippen molar-refractivity contribution in [3.8, 4) is 0 Å². The molecule has 0 spiro atoms. The maximum absolute atomic E-state index is 11.9. The molecule has 1 unspecified atom stereocenters. The van der Waals surface area contributed by atoms with Crippen molar-refractivity contribution in [3.63, 3.8) is 0 Å². The number of carbonyl (C=O) groups excluding carboxylic acids is 1. The van der Waals surface area contributed by atoms with Crippen molar-refractivity contribution in [2.24, 2.45) is 11.7 Å². The molecule has 0 aromatic heterocycles. The Morgan fingerprint density at radius 2 is 2.00 bits per heavy atom. The van der Waals surface area contributed by atoms with E-state index in [1.54, 1.807) is 0 Å². The lowest BCUT2D eigenvalue weighted by molar-refractivity contribution is -0.123. The number of nitrogens with zero attached hydrogens (tertiary/aromatic N) is 1. The van der Waals surface area contributed by atoms with Crippen molar-refractivity contribution >= 4 is 5.91 Å². The van der Waals surface area contributed by atoms with E-state index in [0.29, 0.717) is 12.6 Å². The molecule has 3 N–H and O–H groups in total. The summed E-state index contributed by atoms with van der Waals surface area (Å²) in [5.41, 5.74) is 5.89. The SMILES string of the molecule is CC[C@H](C)[C@H](N)C(=O)NCC(C)N1CCOCC1. The Bertz CT molecular complexity index is 255. The molecule has 1 rings (SSSR count). The van der Waals surface area contributed by atoms with Crippen molar-refractivity contribution in [1.82, 2.24) is 10.2 Å². The van der Waals surface area contributed by atoms with Crippen molar-refractivity contribution in [3.05, 3.63) is 0 Å². The van der Waals surface area contributed by atoms with Crippen molar-refractivity contribution in [2.45, 2.75) is 39.3 Å². The molecule has 1 aliphatic rings. The maximum atomic E-state index is 11.9. The van der Waals surface area contributed by atoms with Crippen LogP contribution in [0.4, 0.5) is 0 Å². The van der Waals surface area contributed by atoms with E-state index in [1.807, 2.05) is 13.8 Å². The third kappa shape index (κ3) is 4.55. The molecule has 18 heavy (non-hydrogen) atoms. The second kappa shape index (κ2) is 7.71. The van der Waals surface area contributed by atoms with Gasteiger partial charge in [0.25, 0.3) is 0 Å². The van der Waals surface area contributed by atoms with E-state index in [4.69, 9.17) is 10.5 Å². The van der Waals surface area contributed by atoms with Gasteiger partial charge in [-0.3, -0.25) is 9.69 Å². The number of nitrogens with two attached hydrogens (primary N) is 1. The maximum Gasteiger partial charge on any atom is 0.237 e. The number of ether oxygens (including phenoxy) is 1. The highest BCUT2D eigenvalue weighted by Gasteiger charge is 2.21. The summed E-state index contributed by atoms with van der Waals surface area (Å²) in [5.74, 6) is 0.188. The average molecular weight is 257 g/mol. The van der Waals surface area contributed by atoms with Crippen LogP contribution in [0.2, 0.25) is 0 Å². The highest BCUT2D eigenvalue weighted by atomic mass is 16.5. The van der Waals surface area contributed by atoms with Crippen LogP contribution < -0.4 is 11.1 Å². The first-order valence-corrected chi connectivity index (χ1v) is 6.91. The number of carbonyl (C=O) groups is 1. The molecular formula is C13H27N3O2. The second-order valence-corrected chi connectivity index (χ2v) is 5.15. The Morgan fingerprint density at radius 1 is 1.39 bits per heavy atom. The van der Waals surface area contributed by atoms with Crippen molar-refractivity contribution in [1.29, 1.82) is 0 Å². The van der Waals surface area contributed by atoms with E-state index < -0.39 is 6.04 Å². The molecule has 0 aromatic rings. The van der Waals surface area contributed by atoms with E-state index in [1.165, 1.54) is 0 Å². The van der Waals surface area contributed by atoms with Gasteiger partial charge < -0.3 is 15.8 Å². The van der Waals surface area contributed by atoms with E-state index in [9.17, 15) is 4.79 Å². The number of morpholine rings is 1. The Kier molecular flexibility index (Phi) is 6.60. The molecule has 3 atom stereocenters. The van der Waals surface area contributed by atoms with Gasteiger partial charge in [0, 0.05) is 25.7 Å². The van der Waals surface area contributed by atoms with Gasteiger partial charge in [0.1, 0.15) is 0 Å². The first kappa shape index (κ1) is 15.4. The Balaban J connectivity index is 2.28. The molecule has 1 aliphatic heterocycles. The molecule has 5 heteroatoms. The summed E-state index contributed by atoms with van der Waals surface area (Å²) in [5, 5.41) is 2.95. The lowest BCUT2D eigenvalue weighted by Crippen LogP contribution is -2.51. The van der Waals surface area contributed by atoms with Crippen LogP contribution in [-0.2, 0) is 9.53 Å². The topological polar surface area (TPSA) is 67.6 Å². The van der Waals surface area contributed by atoms with Gasteiger partial charge in [0.15, 0.2) is 0 Å². The lowest BCUT2D eigenvalue weighted by atomic mass is 9.99. The molecule has 1 heterocycles. The van der Waals surface area contributed by atoms with Gasteiger partial charge in [-0.05, 0) is 12.8 Å². The van der Waals surface area contributed by atoms with Gasteiger partial charge in [-0.15, -0.1) is 0 Å². The van der Waals surface area contributed by atoms with Crippen LogP contribution in [0.15, 0.2) is 0 Å². The largest absolute Gasteiger partial charge is 0.379 e. The molecule has 0 bridgehead atoms. The molecule has 1 saturated heterocycles. The van der Waals surface area contributed by atoms with Crippen LogP contribution in [0.5, 0.6) is 0 Å². The first-order chi connectivity index (χ1) is 8.56. The monoisotopic (exact) mass is 257 g/mol. The molecule has 0 saturated carbocycles. The zero-order valence-corrected chi connectivity index (χ0v) is 11.8. The minimum Gasteiger partial charge on any atom is -0.379 e. The number of hydrogen-bond acceptors (Lipinski definition) is 4. The highest BCUT2D eigenvalue weighted by molar-refractivity contribution is 5.81. The van der Waals surface area contributed by atoms with Gasteiger partial charge >= 0.3 is 0 Å². The Hall–Kier alpha value is -0.650. The van der Waals surface area contributed by atoms with Gasteiger partial charge in [-0.25, -0.2) is 0 Å². The summed E-state index contributed by atoms with van der Waals surface area (Å²) in [6.45, 7) is 10.3. The quantitative estimate of drug-likeness (QED) is 0.713. The average Bonchev–Trinajstić information content (AvgIpc) is 2.43. The van der Waals surface area contributed by atoms with E-state index in [2.05, 4.69) is 17.1 Å². The molecular weight excluding hydrogens is 230 g/mol. The lowest BCUT2D eigenvalue weighted by Gasteiger charge is -2.32. The fourth-order valence-electron chi connectivity index (χ4n) is 2.03. The van der Waals surface area contributed by atoms with Gasteiger partial charge in [0.05, 0.1) is 19.3 Å². The minimum atomic E-state index is -0.396. The first-order valence-electron chi connectivity index (χ1n) is 6.91. The molecule has 0 radical (unpaired) electrons. The number of rotatable bonds is 6. The summed E-state index contributed by atoms with van der Waals surface area (Å²) in [7, 11) is 0. The summed E-state index contributed by atoms with van der Waals surface area (Å²) in [4.78, 5) is 14.2. The van der Waals surface area contributed by atoms with Crippen molar-refractivity contribution < 1.29 is 9.53 Å².